The van der Waals surface area contributed by atoms with Gasteiger partial charge in [-0.2, -0.15) is 17.0 Å². The molecule has 1 aliphatic carbocycles. The lowest BCUT2D eigenvalue weighted by Gasteiger charge is -2.20. The van der Waals surface area contributed by atoms with Gasteiger partial charge in [-0.05, 0) is 47.8 Å². The van der Waals surface area contributed by atoms with E-state index >= 15 is 0 Å². The molecule has 2 aromatic rings. The third-order valence-electron chi connectivity index (χ3n) is 4.55. The van der Waals surface area contributed by atoms with Crippen LogP contribution in [-0.2, 0) is 12.8 Å². The number of amides is 1. The first kappa shape index (κ1) is 14.8. The molecule has 2 aliphatic rings. The zero-order valence-electron chi connectivity index (χ0n) is 12.6. The molecular formula is C18H16N2OS2. The maximum Gasteiger partial charge on any atom is 0.262 e. The number of nitrogens with one attached hydrogen (secondary N) is 1. The Morgan fingerprint density at radius 1 is 1.26 bits per heavy atom. The maximum absolute atomic E-state index is 12.6. The van der Waals surface area contributed by atoms with Crippen LogP contribution in [0.25, 0.3) is 10.4 Å². The Kier molecular flexibility index (Phi) is 3.67. The highest BCUT2D eigenvalue weighted by atomic mass is 32.2. The number of carbonyl (C=O) groups is 1. The number of nitrogens with zero attached hydrogens (tertiary/aromatic N) is 1. The minimum atomic E-state index is -0.690. The Bertz CT molecular complexity index is 813. The molecule has 1 aromatic carbocycles. The number of rotatable bonds is 2. The van der Waals surface area contributed by atoms with Gasteiger partial charge in [0.1, 0.15) is 5.54 Å². The van der Waals surface area contributed by atoms with Gasteiger partial charge in [0, 0.05) is 10.6 Å². The van der Waals surface area contributed by atoms with Gasteiger partial charge in [-0.25, -0.2) is 0 Å². The molecule has 1 saturated heterocycles. The Labute approximate surface area is 143 Å². The lowest BCUT2D eigenvalue weighted by atomic mass is 9.91. The van der Waals surface area contributed by atoms with Crippen LogP contribution < -0.4 is 5.32 Å². The van der Waals surface area contributed by atoms with Crippen LogP contribution in [0, 0.1) is 11.3 Å². The highest BCUT2D eigenvalue weighted by Gasteiger charge is 2.36. The molecule has 5 heteroatoms. The number of benzene rings is 1. The van der Waals surface area contributed by atoms with Crippen molar-refractivity contribution in [3.8, 4) is 16.5 Å². The van der Waals surface area contributed by atoms with E-state index in [2.05, 4.69) is 29.6 Å². The molecule has 0 bridgehead atoms. The normalized spacial score (nSPS) is 22.0. The quantitative estimate of drug-likeness (QED) is 0.908. The summed E-state index contributed by atoms with van der Waals surface area (Å²) in [6, 6.07) is 12.7. The highest BCUT2D eigenvalue weighted by molar-refractivity contribution is 7.99. The molecule has 1 aromatic heterocycles. The first-order chi connectivity index (χ1) is 11.2. The van der Waals surface area contributed by atoms with E-state index in [1.807, 2.05) is 12.1 Å². The maximum atomic E-state index is 12.6. The summed E-state index contributed by atoms with van der Waals surface area (Å²) >= 11 is 3.28. The second-order valence-electron chi connectivity index (χ2n) is 6.07. The topological polar surface area (TPSA) is 52.9 Å². The van der Waals surface area contributed by atoms with E-state index in [1.165, 1.54) is 21.6 Å². The number of thioether (sulfide) groups is 1. The Hall–Kier alpha value is -1.77. The Morgan fingerprint density at radius 2 is 2.09 bits per heavy atom. The van der Waals surface area contributed by atoms with Gasteiger partial charge in [0.2, 0.25) is 0 Å². The lowest BCUT2D eigenvalue weighted by Crippen LogP contribution is -2.47. The summed E-state index contributed by atoms with van der Waals surface area (Å²) in [5.41, 5.74) is 3.17. The van der Waals surface area contributed by atoms with Crippen LogP contribution in [0.2, 0.25) is 0 Å². The van der Waals surface area contributed by atoms with Crippen LogP contribution in [0.15, 0.2) is 30.3 Å². The summed E-state index contributed by atoms with van der Waals surface area (Å²) in [4.78, 5) is 14.6. The second-order valence-corrected chi connectivity index (χ2v) is 8.23. The van der Waals surface area contributed by atoms with Gasteiger partial charge in [0.25, 0.3) is 5.91 Å². The monoisotopic (exact) mass is 340 g/mol. The van der Waals surface area contributed by atoms with Gasteiger partial charge >= 0.3 is 0 Å². The molecule has 4 rings (SSSR count). The predicted molar refractivity (Wildman–Crippen MR) is 94.9 cm³/mol. The summed E-state index contributed by atoms with van der Waals surface area (Å²) in [6.07, 6.45) is 2.74. The van der Waals surface area contributed by atoms with Gasteiger partial charge in [0.15, 0.2) is 0 Å². The van der Waals surface area contributed by atoms with E-state index in [1.54, 1.807) is 23.1 Å². The van der Waals surface area contributed by atoms with Crippen LogP contribution in [0.5, 0.6) is 0 Å². The SMILES string of the molecule is N#CC1(NC(=O)c2cc3c(s2)-c2ccccc2CC3)CCSC1. The third kappa shape index (κ3) is 2.56. The van der Waals surface area contributed by atoms with E-state index in [4.69, 9.17) is 0 Å². The summed E-state index contributed by atoms with van der Waals surface area (Å²) < 4.78 is 0. The molecule has 0 spiro atoms. The fraction of sp³-hybridized carbons (Fsp3) is 0.333. The summed E-state index contributed by atoms with van der Waals surface area (Å²) in [7, 11) is 0. The first-order valence-electron chi connectivity index (χ1n) is 7.73. The number of aryl methyl sites for hydroxylation is 2. The smallest absolute Gasteiger partial charge is 0.262 e. The van der Waals surface area contributed by atoms with Crippen molar-refractivity contribution < 1.29 is 4.79 Å². The van der Waals surface area contributed by atoms with Gasteiger partial charge in [-0.3, -0.25) is 4.79 Å². The summed E-state index contributed by atoms with van der Waals surface area (Å²) in [6.45, 7) is 0. The number of thiophene rings is 1. The van der Waals surface area contributed by atoms with Crippen molar-refractivity contribution in [3.05, 3.63) is 46.3 Å². The molecule has 1 aliphatic heterocycles. The van der Waals surface area contributed by atoms with Crippen LogP contribution in [-0.4, -0.2) is 23.0 Å². The molecule has 0 saturated carbocycles. The highest BCUT2D eigenvalue weighted by Crippen LogP contribution is 2.39. The van der Waals surface area contributed by atoms with E-state index in [0.717, 1.165) is 29.9 Å². The number of hydrogen-bond acceptors (Lipinski definition) is 4. The minimum Gasteiger partial charge on any atom is -0.332 e. The van der Waals surface area contributed by atoms with E-state index in [-0.39, 0.29) is 5.91 Å². The summed E-state index contributed by atoms with van der Waals surface area (Å²) in [5.74, 6) is 1.51. The first-order valence-corrected chi connectivity index (χ1v) is 9.70. The molecule has 1 N–H and O–H groups in total. The molecule has 2 heterocycles. The molecule has 116 valence electrons. The minimum absolute atomic E-state index is 0.106. The lowest BCUT2D eigenvalue weighted by molar-refractivity contribution is 0.0930. The van der Waals surface area contributed by atoms with E-state index in [9.17, 15) is 10.1 Å². The van der Waals surface area contributed by atoms with Crippen molar-refractivity contribution in [2.45, 2.75) is 24.8 Å². The molecule has 23 heavy (non-hydrogen) atoms. The third-order valence-corrected chi connectivity index (χ3v) is 6.95. The van der Waals surface area contributed by atoms with Crippen LogP contribution in [0.1, 0.15) is 27.2 Å². The fourth-order valence-corrected chi connectivity index (χ4v) is 5.67. The Morgan fingerprint density at radius 3 is 2.87 bits per heavy atom. The number of hydrogen-bond donors (Lipinski definition) is 1. The standard InChI is InChI=1S/C18H16N2OS2/c19-10-18(7-8-22-11-18)20-17(21)15-9-13-6-5-12-3-1-2-4-14(12)16(13)23-15/h1-4,9H,5-8,11H2,(H,20,21). The van der Waals surface area contributed by atoms with Crippen molar-refractivity contribution >= 4 is 29.0 Å². The zero-order chi connectivity index (χ0) is 15.9. The number of carbonyl (C=O) groups excluding carboxylic acids is 1. The second kappa shape index (κ2) is 5.70. The molecule has 1 unspecified atom stereocenters. The van der Waals surface area contributed by atoms with Gasteiger partial charge in [-0.15, -0.1) is 11.3 Å². The molecule has 1 amide bonds. The van der Waals surface area contributed by atoms with Crippen molar-refractivity contribution in [1.29, 1.82) is 5.26 Å². The van der Waals surface area contributed by atoms with Gasteiger partial charge in [-0.1, -0.05) is 24.3 Å². The predicted octanol–water partition coefficient (Wildman–Crippen LogP) is 3.64. The fourth-order valence-electron chi connectivity index (χ4n) is 3.24. The van der Waals surface area contributed by atoms with Crippen LogP contribution in [0.4, 0.5) is 0 Å². The molecule has 1 fully saturated rings. The zero-order valence-corrected chi connectivity index (χ0v) is 14.2. The molecule has 3 nitrogen and oxygen atoms in total. The molecular weight excluding hydrogens is 324 g/mol. The average molecular weight is 340 g/mol. The van der Waals surface area contributed by atoms with E-state index < -0.39 is 5.54 Å². The van der Waals surface area contributed by atoms with Gasteiger partial charge < -0.3 is 5.32 Å². The van der Waals surface area contributed by atoms with Crippen molar-refractivity contribution in [2.75, 3.05) is 11.5 Å². The molecule has 1 atom stereocenters. The average Bonchev–Trinajstić information content (AvgIpc) is 3.22. The van der Waals surface area contributed by atoms with Crippen LogP contribution >= 0.6 is 23.1 Å². The Balaban J connectivity index is 1.64. The van der Waals surface area contributed by atoms with Crippen molar-refractivity contribution in [2.24, 2.45) is 0 Å². The van der Waals surface area contributed by atoms with Crippen molar-refractivity contribution in [3.63, 3.8) is 0 Å². The number of fused-ring (bicyclic) bond motifs is 3. The van der Waals surface area contributed by atoms with E-state index in [0.29, 0.717) is 5.75 Å². The summed E-state index contributed by atoms with van der Waals surface area (Å²) in [5, 5.41) is 12.4. The van der Waals surface area contributed by atoms with Crippen molar-refractivity contribution in [1.82, 2.24) is 5.32 Å². The van der Waals surface area contributed by atoms with Gasteiger partial charge in [0.05, 0.1) is 10.9 Å². The molecule has 0 radical (unpaired) electrons. The largest absolute Gasteiger partial charge is 0.332 e. The number of nitriles is 1. The van der Waals surface area contributed by atoms with Crippen LogP contribution in [0.3, 0.4) is 0 Å².